The van der Waals surface area contributed by atoms with Gasteiger partial charge in [-0.15, -0.1) is 0 Å². The zero-order chi connectivity index (χ0) is 20.4. The molecule has 0 N–H and O–H groups in total. The Hall–Kier alpha value is -1.75. The molecular weight excluding hydrogens is 344 g/mol. The molecule has 1 aliphatic heterocycles. The molecule has 0 saturated carbocycles. The predicted molar refractivity (Wildman–Crippen MR) is 105 cm³/mol. The Bertz CT molecular complexity index is 586. The van der Waals surface area contributed by atoms with Gasteiger partial charge in [-0.2, -0.15) is 0 Å². The van der Waals surface area contributed by atoms with Gasteiger partial charge in [0.05, 0.1) is 6.61 Å². The van der Waals surface area contributed by atoms with Gasteiger partial charge in [-0.25, -0.2) is 0 Å². The van der Waals surface area contributed by atoms with E-state index in [0.29, 0.717) is 32.3 Å². The van der Waals surface area contributed by atoms with Gasteiger partial charge in [-0.3, -0.25) is 14.4 Å². The van der Waals surface area contributed by atoms with E-state index in [4.69, 9.17) is 9.47 Å². The van der Waals surface area contributed by atoms with E-state index in [1.807, 2.05) is 20.8 Å². The van der Waals surface area contributed by atoms with Crippen LogP contribution < -0.4 is 0 Å². The number of carbonyl (C=O) groups is 3. The summed E-state index contributed by atoms with van der Waals surface area (Å²) in [5.41, 5.74) is 1.25. The normalized spacial score (nSPS) is 24.0. The number of hydrogen-bond acceptors (Lipinski definition) is 5. The molecule has 152 valence electrons. The van der Waals surface area contributed by atoms with Crippen molar-refractivity contribution in [2.45, 2.75) is 84.8 Å². The van der Waals surface area contributed by atoms with Gasteiger partial charge in [-0.05, 0) is 64.0 Å². The number of allylic oxidation sites excluding steroid dienone is 2. The molecule has 27 heavy (non-hydrogen) atoms. The second-order valence-corrected chi connectivity index (χ2v) is 7.94. The molecule has 1 rings (SSSR count). The Morgan fingerprint density at radius 2 is 2.00 bits per heavy atom. The first kappa shape index (κ1) is 23.3. The van der Waals surface area contributed by atoms with E-state index in [1.54, 1.807) is 0 Å². The molecule has 0 aromatic heterocycles. The van der Waals surface area contributed by atoms with Crippen molar-refractivity contribution < 1.29 is 23.9 Å². The third-order valence-corrected chi connectivity index (χ3v) is 5.17. The highest BCUT2D eigenvalue weighted by Crippen LogP contribution is 2.29. The van der Waals surface area contributed by atoms with E-state index in [1.165, 1.54) is 18.6 Å². The van der Waals surface area contributed by atoms with Gasteiger partial charge in [0, 0.05) is 19.8 Å². The lowest BCUT2D eigenvalue weighted by molar-refractivity contribution is -0.148. The number of aldehydes is 1. The largest absolute Gasteiger partial charge is 0.462 e. The van der Waals surface area contributed by atoms with Crippen LogP contribution >= 0.6 is 0 Å². The number of esters is 1. The SMILES string of the molecule is CC(=O)OC(CC=C(C)C)C(C)CCC[C@]1(C)OC/C(=C/C=O)CCC1=O. The summed E-state index contributed by atoms with van der Waals surface area (Å²) >= 11 is 0. The quantitative estimate of drug-likeness (QED) is 0.258. The van der Waals surface area contributed by atoms with Gasteiger partial charge >= 0.3 is 5.97 Å². The number of rotatable bonds is 9. The first-order valence-electron chi connectivity index (χ1n) is 9.79. The average Bonchev–Trinajstić information content (AvgIpc) is 2.72. The van der Waals surface area contributed by atoms with Crippen molar-refractivity contribution >= 4 is 18.0 Å². The Balaban J connectivity index is 2.63. The van der Waals surface area contributed by atoms with Crippen LogP contribution in [0.5, 0.6) is 0 Å². The highest BCUT2D eigenvalue weighted by Gasteiger charge is 2.35. The molecule has 1 fully saturated rings. The lowest BCUT2D eigenvalue weighted by Crippen LogP contribution is -2.37. The van der Waals surface area contributed by atoms with Crippen molar-refractivity contribution in [3.05, 3.63) is 23.3 Å². The molecule has 0 spiro atoms. The van der Waals surface area contributed by atoms with Gasteiger partial charge in [0.15, 0.2) is 5.78 Å². The molecule has 5 nitrogen and oxygen atoms in total. The van der Waals surface area contributed by atoms with Crippen molar-refractivity contribution in [1.29, 1.82) is 0 Å². The van der Waals surface area contributed by atoms with Crippen LogP contribution in [0.4, 0.5) is 0 Å². The minimum absolute atomic E-state index is 0.0885. The number of ketones is 1. The van der Waals surface area contributed by atoms with Crippen LogP contribution in [0.2, 0.25) is 0 Å². The van der Waals surface area contributed by atoms with Crippen LogP contribution in [-0.2, 0) is 23.9 Å². The van der Waals surface area contributed by atoms with Crippen molar-refractivity contribution in [2.75, 3.05) is 6.61 Å². The maximum atomic E-state index is 12.5. The molecule has 1 saturated heterocycles. The minimum Gasteiger partial charge on any atom is -0.462 e. The molecule has 0 amide bonds. The minimum atomic E-state index is -0.810. The highest BCUT2D eigenvalue weighted by molar-refractivity contribution is 5.87. The number of Topliss-reactive ketones (excluding diaryl/α,β-unsaturated/α-hetero) is 1. The second kappa shape index (κ2) is 11.2. The number of carbonyl (C=O) groups excluding carboxylic acids is 3. The highest BCUT2D eigenvalue weighted by atomic mass is 16.5. The summed E-state index contributed by atoms with van der Waals surface area (Å²) in [4.78, 5) is 34.6. The van der Waals surface area contributed by atoms with Gasteiger partial charge in [0.25, 0.3) is 0 Å². The van der Waals surface area contributed by atoms with Crippen molar-refractivity contribution in [3.63, 3.8) is 0 Å². The fourth-order valence-electron chi connectivity index (χ4n) is 3.29. The monoisotopic (exact) mass is 378 g/mol. The maximum Gasteiger partial charge on any atom is 0.302 e. The van der Waals surface area contributed by atoms with Crippen LogP contribution in [0.25, 0.3) is 0 Å². The topological polar surface area (TPSA) is 69.7 Å². The molecule has 0 radical (unpaired) electrons. The molecule has 3 atom stereocenters. The second-order valence-electron chi connectivity index (χ2n) is 7.94. The van der Waals surface area contributed by atoms with Crippen LogP contribution in [-0.4, -0.2) is 36.4 Å². The third kappa shape index (κ3) is 8.21. The molecule has 0 aromatic rings. The van der Waals surface area contributed by atoms with Gasteiger partial charge < -0.3 is 9.47 Å². The summed E-state index contributed by atoms with van der Waals surface area (Å²) in [5, 5.41) is 0. The smallest absolute Gasteiger partial charge is 0.302 e. The van der Waals surface area contributed by atoms with Crippen LogP contribution in [0.1, 0.15) is 73.1 Å². The number of hydrogen-bond donors (Lipinski definition) is 0. The van der Waals surface area contributed by atoms with Crippen LogP contribution in [0.15, 0.2) is 23.3 Å². The van der Waals surface area contributed by atoms with Crippen LogP contribution in [0.3, 0.4) is 0 Å². The van der Waals surface area contributed by atoms with Crippen LogP contribution in [0, 0.1) is 5.92 Å². The Morgan fingerprint density at radius 3 is 2.59 bits per heavy atom. The predicted octanol–water partition coefficient (Wildman–Crippen LogP) is 4.34. The van der Waals surface area contributed by atoms with E-state index in [2.05, 4.69) is 13.0 Å². The van der Waals surface area contributed by atoms with E-state index >= 15 is 0 Å². The first-order chi connectivity index (χ1) is 12.7. The summed E-state index contributed by atoms with van der Waals surface area (Å²) in [7, 11) is 0. The molecule has 0 bridgehead atoms. The molecule has 5 heteroatoms. The van der Waals surface area contributed by atoms with E-state index in [-0.39, 0.29) is 23.8 Å². The zero-order valence-electron chi connectivity index (χ0n) is 17.4. The third-order valence-electron chi connectivity index (χ3n) is 5.17. The maximum absolute atomic E-state index is 12.5. The molecule has 1 aliphatic rings. The standard InChI is InChI=1S/C22H34O5/c1-16(2)8-10-20(27-18(4)24)17(3)7-6-13-22(5)21(25)11-9-19(12-14-23)15-26-22/h8,12,14,17,20H,6-7,9-11,13,15H2,1-5H3/b19-12+/t17?,20?,22-/m0/s1. The molecule has 1 heterocycles. The van der Waals surface area contributed by atoms with Crippen molar-refractivity contribution in [2.24, 2.45) is 5.92 Å². The Morgan fingerprint density at radius 1 is 1.30 bits per heavy atom. The van der Waals surface area contributed by atoms with Gasteiger partial charge in [0.2, 0.25) is 0 Å². The van der Waals surface area contributed by atoms with Gasteiger partial charge in [0.1, 0.15) is 18.0 Å². The Kier molecular flexibility index (Phi) is 9.64. The molecule has 0 aliphatic carbocycles. The lowest BCUT2D eigenvalue weighted by Gasteiger charge is -2.28. The summed E-state index contributed by atoms with van der Waals surface area (Å²) in [6, 6.07) is 0. The lowest BCUT2D eigenvalue weighted by atomic mass is 9.88. The summed E-state index contributed by atoms with van der Waals surface area (Å²) < 4.78 is 11.4. The first-order valence-corrected chi connectivity index (χ1v) is 9.79. The average molecular weight is 379 g/mol. The van der Waals surface area contributed by atoms with Crippen molar-refractivity contribution in [1.82, 2.24) is 0 Å². The summed E-state index contributed by atoms with van der Waals surface area (Å²) in [6.07, 6.45) is 8.14. The van der Waals surface area contributed by atoms with E-state index < -0.39 is 5.60 Å². The Labute approximate surface area is 163 Å². The van der Waals surface area contributed by atoms with Gasteiger partial charge in [-0.1, -0.05) is 18.6 Å². The fraction of sp³-hybridized carbons (Fsp3) is 0.682. The summed E-state index contributed by atoms with van der Waals surface area (Å²) in [5.74, 6) is 0.0165. The zero-order valence-corrected chi connectivity index (χ0v) is 17.4. The number of ether oxygens (including phenoxy) is 2. The van der Waals surface area contributed by atoms with E-state index in [0.717, 1.165) is 24.7 Å². The molecular formula is C22H34O5. The van der Waals surface area contributed by atoms with Crippen molar-refractivity contribution in [3.8, 4) is 0 Å². The fourth-order valence-corrected chi connectivity index (χ4v) is 3.29. The summed E-state index contributed by atoms with van der Waals surface area (Å²) in [6.45, 7) is 9.74. The molecule has 0 aromatic carbocycles. The van der Waals surface area contributed by atoms with E-state index in [9.17, 15) is 14.4 Å². The molecule has 2 unspecified atom stereocenters.